The third-order valence-corrected chi connectivity index (χ3v) is 6.22. The minimum Gasteiger partial charge on any atom is -0.378 e. The summed E-state index contributed by atoms with van der Waals surface area (Å²) >= 11 is 6.09. The Labute approximate surface area is 195 Å². The zero-order chi connectivity index (χ0) is 24.0. The average Bonchev–Trinajstić information content (AvgIpc) is 2.78. The standard InChI is InChI=1S/C20H22ClN5O6S/c1-33(30,31)25(19-5-3-2-4-17(19)21)14-20(27)23-22-13-15-12-16(26(28)29)6-7-18(15)24-8-10-32-11-9-24/h2-7,12-13H,8-11,14H2,1H3,(H,23,27)/b22-13-. The number of benzene rings is 2. The van der Waals surface area contributed by atoms with Gasteiger partial charge in [0.25, 0.3) is 11.6 Å². The molecule has 0 saturated carbocycles. The molecule has 2 aromatic carbocycles. The number of anilines is 2. The molecule has 1 amide bonds. The second-order valence-electron chi connectivity index (χ2n) is 7.11. The first-order valence-corrected chi connectivity index (χ1v) is 12.0. The molecule has 0 spiro atoms. The van der Waals surface area contributed by atoms with E-state index in [1.807, 2.05) is 4.90 Å². The van der Waals surface area contributed by atoms with Gasteiger partial charge in [-0.25, -0.2) is 13.8 Å². The number of nitrogens with zero attached hydrogens (tertiary/aromatic N) is 4. The molecular weight excluding hydrogens is 474 g/mol. The smallest absolute Gasteiger partial charge is 0.270 e. The Balaban J connectivity index is 1.78. The molecule has 0 bridgehead atoms. The molecule has 13 heteroatoms. The molecule has 0 unspecified atom stereocenters. The Hall–Kier alpha value is -3.22. The molecule has 1 heterocycles. The summed E-state index contributed by atoms with van der Waals surface area (Å²) in [6.45, 7) is 1.70. The van der Waals surface area contributed by atoms with E-state index in [4.69, 9.17) is 16.3 Å². The van der Waals surface area contributed by atoms with Gasteiger partial charge in [0.1, 0.15) is 6.54 Å². The van der Waals surface area contributed by atoms with Crippen LogP contribution in [-0.2, 0) is 19.6 Å². The number of nitrogens with one attached hydrogen (secondary N) is 1. The molecule has 11 nitrogen and oxygen atoms in total. The van der Waals surface area contributed by atoms with Gasteiger partial charge in [-0.3, -0.25) is 19.2 Å². The maximum atomic E-state index is 12.4. The average molecular weight is 496 g/mol. The number of para-hydroxylation sites is 1. The van der Waals surface area contributed by atoms with Gasteiger partial charge >= 0.3 is 0 Å². The fourth-order valence-electron chi connectivity index (χ4n) is 3.23. The van der Waals surface area contributed by atoms with Crippen molar-refractivity contribution in [2.24, 2.45) is 5.10 Å². The van der Waals surface area contributed by atoms with E-state index >= 15 is 0 Å². The molecule has 1 aliphatic heterocycles. The van der Waals surface area contributed by atoms with Crippen molar-refractivity contribution < 1.29 is 22.9 Å². The van der Waals surface area contributed by atoms with Gasteiger partial charge in [-0.05, 0) is 18.2 Å². The third-order valence-electron chi connectivity index (χ3n) is 4.78. The number of rotatable bonds is 8. The normalized spacial score (nSPS) is 14.3. The molecule has 0 atom stereocenters. The maximum absolute atomic E-state index is 12.4. The number of hydrogen-bond acceptors (Lipinski definition) is 8. The van der Waals surface area contributed by atoms with Gasteiger partial charge in [-0.1, -0.05) is 23.7 Å². The zero-order valence-corrected chi connectivity index (χ0v) is 19.3. The van der Waals surface area contributed by atoms with E-state index in [9.17, 15) is 23.3 Å². The molecule has 1 fully saturated rings. The minimum atomic E-state index is -3.81. The Kier molecular flexibility index (Phi) is 7.84. The zero-order valence-electron chi connectivity index (χ0n) is 17.7. The molecule has 1 aliphatic rings. The van der Waals surface area contributed by atoms with Crippen LogP contribution in [0.4, 0.5) is 17.1 Å². The summed E-state index contributed by atoms with van der Waals surface area (Å²) in [5.74, 6) is -0.713. The Morgan fingerprint density at radius 3 is 2.64 bits per heavy atom. The summed E-state index contributed by atoms with van der Waals surface area (Å²) in [4.78, 5) is 25.1. The number of hydrazone groups is 1. The highest BCUT2D eigenvalue weighted by Gasteiger charge is 2.23. The van der Waals surface area contributed by atoms with E-state index in [1.54, 1.807) is 18.2 Å². The quantitative estimate of drug-likeness (QED) is 0.336. The summed E-state index contributed by atoms with van der Waals surface area (Å²) in [7, 11) is -3.81. The number of carbonyl (C=O) groups excluding carboxylic acids is 1. The molecular formula is C20H22ClN5O6S. The van der Waals surface area contributed by atoms with E-state index in [0.717, 1.165) is 10.6 Å². The van der Waals surface area contributed by atoms with Crippen molar-refractivity contribution in [1.82, 2.24) is 5.43 Å². The summed E-state index contributed by atoms with van der Waals surface area (Å²) in [5.41, 5.74) is 3.44. The number of amides is 1. The SMILES string of the molecule is CS(=O)(=O)N(CC(=O)N/N=C\c1cc([N+](=O)[O-])ccc1N1CCOCC1)c1ccccc1Cl. The molecule has 0 aromatic heterocycles. The number of morpholine rings is 1. The number of ether oxygens (including phenoxy) is 1. The lowest BCUT2D eigenvalue weighted by atomic mass is 10.1. The van der Waals surface area contributed by atoms with Crippen molar-refractivity contribution in [2.75, 3.05) is 48.3 Å². The van der Waals surface area contributed by atoms with Gasteiger partial charge in [0.05, 0.1) is 41.3 Å². The van der Waals surface area contributed by atoms with Crippen molar-refractivity contribution in [1.29, 1.82) is 0 Å². The Bertz CT molecular complexity index is 1170. The van der Waals surface area contributed by atoms with Crippen LogP contribution in [0, 0.1) is 10.1 Å². The van der Waals surface area contributed by atoms with Crippen LogP contribution in [0.3, 0.4) is 0 Å². The Morgan fingerprint density at radius 1 is 1.30 bits per heavy atom. The van der Waals surface area contributed by atoms with Crippen LogP contribution in [0.2, 0.25) is 5.02 Å². The van der Waals surface area contributed by atoms with Crippen molar-refractivity contribution in [3.63, 3.8) is 0 Å². The van der Waals surface area contributed by atoms with Crippen molar-refractivity contribution in [3.05, 3.63) is 63.2 Å². The first-order valence-electron chi connectivity index (χ1n) is 9.82. The lowest BCUT2D eigenvalue weighted by Gasteiger charge is -2.29. The fourth-order valence-corrected chi connectivity index (χ4v) is 4.38. The van der Waals surface area contributed by atoms with Crippen LogP contribution in [-0.4, -0.2) is 64.6 Å². The van der Waals surface area contributed by atoms with E-state index < -0.39 is 27.4 Å². The molecule has 1 N–H and O–H groups in total. The summed E-state index contributed by atoms with van der Waals surface area (Å²) in [6, 6.07) is 10.6. The van der Waals surface area contributed by atoms with Crippen molar-refractivity contribution >= 4 is 50.8 Å². The molecule has 33 heavy (non-hydrogen) atoms. The van der Waals surface area contributed by atoms with Gasteiger partial charge in [0.15, 0.2) is 0 Å². The van der Waals surface area contributed by atoms with Gasteiger partial charge < -0.3 is 9.64 Å². The summed E-state index contributed by atoms with van der Waals surface area (Å²) in [5, 5.41) is 15.2. The minimum absolute atomic E-state index is 0.123. The topological polar surface area (TPSA) is 134 Å². The number of sulfonamides is 1. The van der Waals surface area contributed by atoms with Crippen LogP contribution in [0.1, 0.15) is 5.56 Å². The predicted octanol–water partition coefficient (Wildman–Crippen LogP) is 2.00. The summed E-state index contributed by atoms with van der Waals surface area (Å²) < 4.78 is 30.6. The lowest BCUT2D eigenvalue weighted by molar-refractivity contribution is -0.384. The summed E-state index contributed by atoms with van der Waals surface area (Å²) in [6.07, 6.45) is 2.25. The van der Waals surface area contributed by atoms with Crippen LogP contribution in [0.15, 0.2) is 47.6 Å². The number of nitro benzene ring substituents is 1. The molecule has 3 rings (SSSR count). The van der Waals surface area contributed by atoms with E-state index in [1.165, 1.54) is 30.5 Å². The fraction of sp³-hybridized carbons (Fsp3) is 0.300. The monoisotopic (exact) mass is 495 g/mol. The Morgan fingerprint density at radius 2 is 2.00 bits per heavy atom. The van der Waals surface area contributed by atoms with Crippen molar-refractivity contribution in [3.8, 4) is 0 Å². The highest BCUT2D eigenvalue weighted by atomic mass is 35.5. The predicted molar refractivity (Wildman–Crippen MR) is 126 cm³/mol. The number of halogens is 1. The third kappa shape index (κ3) is 6.40. The van der Waals surface area contributed by atoms with Gasteiger partial charge in [0, 0.05) is 36.5 Å². The molecule has 1 saturated heterocycles. The second-order valence-corrected chi connectivity index (χ2v) is 9.43. The number of nitro groups is 1. The number of hydrogen-bond donors (Lipinski definition) is 1. The number of non-ortho nitro benzene ring substituents is 1. The largest absolute Gasteiger partial charge is 0.378 e. The lowest BCUT2D eigenvalue weighted by Crippen LogP contribution is -2.39. The maximum Gasteiger partial charge on any atom is 0.270 e. The molecule has 0 radical (unpaired) electrons. The van der Waals surface area contributed by atoms with Crippen LogP contribution < -0.4 is 14.6 Å². The van der Waals surface area contributed by atoms with E-state index in [-0.39, 0.29) is 16.4 Å². The highest BCUT2D eigenvalue weighted by Crippen LogP contribution is 2.27. The number of carbonyl (C=O) groups is 1. The molecule has 2 aromatic rings. The first kappa shape index (κ1) is 24.4. The second kappa shape index (κ2) is 10.6. The van der Waals surface area contributed by atoms with Gasteiger partial charge in [0.2, 0.25) is 10.0 Å². The van der Waals surface area contributed by atoms with Gasteiger partial charge in [-0.15, -0.1) is 0 Å². The molecule has 0 aliphatic carbocycles. The first-order chi connectivity index (χ1) is 15.7. The molecule has 176 valence electrons. The van der Waals surface area contributed by atoms with E-state index in [0.29, 0.717) is 37.6 Å². The van der Waals surface area contributed by atoms with Crippen molar-refractivity contribution in [2.45, 2.75) is 0 Å². The van der Waals surface area contributed by atoms with Crippen LogP contribution >= 0.6 is 11.6 Å². The van der Waals surface area contributed by atoms with Crippen LogP contribution in [0.5, 0.6) is 0 Å². The highest BCUT2D eigenvalue weighted by molar-refractivity contribution is 7.92. The van der Waals surface area contributed by atoms with E-state index in [2.05, 4.69) is 10.5 Å². The van der Waals surface area contributed by atoms with Crippen LogP contribution in [0.25, 0.3) is 0 Å². The van der Waals surface area contributed by atoms with Gasteiger partial charge in [-0.2, -0.15) is 5.10 Å².